The lowest BCUT2D eigenvalue weighted by Gasteiger charge is -2.19. The molecular weight excluding hydrogens is 366 g/mol. The summed E-state index contributed by atoms with van der Waals surface area (Å²) < 4.78 is 5.05. The van der Waals surface area contributed by atoms with Gasteiger partial charge in [0.15, 0.2) is 6.61 Å². The van der Waals surface area contributed by atoms with Gasteiger partial charge in [0, 0.05) is 24.3 Å². The van der Waals surface area contributed by atoms with E-state index in [1.165, 1.54) is 11.3 Å². The zero-order valence-electron chi connectivity index (χ0n) is 15.9. The number of rotatable bonds is 7. The highest BCUT2D eigenvalue weighted by Crippen LogP contribution is 2.18. The van der Waals surface area contributed by atoms with Gasteiger partial charge in [0.05, 0.1) is 10.7 Å². The van der Waals surface area contributed by atoms with Gasteiger partial charge in [0.2, 0.25) is 0 Å². The van der Waals surface area contributed by atoms with Crippen molar-refractivity contribution < 1.29 is 19.1 Å². The van der Waals surface area contributed by atoms with Crippen LogP contribution in [0.1, 0.15) is 44.6 Å². The Kier molecular flexibility index (Phi) is 7.06. The number of carbonyl (C=O) groups is 3. The van der Waals surface area contributed by atoms with E-state index in [1.54, 1.807) is 43.0 Å². The van der Waals surface area contributed by atoms with Gasteiger partial charge in [-0.25, -0.2) is 9.78 Å². The van der Waals surface area contributed by atoms with Gasteiger partial charge in [-0.15, -0.1) is 11.3 Å². The van der Waals surface area contributed by atoms with Crippen LogP contribution < -0.4 is 5.32 Å². The van der Waals surface area contributed by atoms with E-state index in [-0.39, 0.29) is 5.91 Å². The van der Waals surface area contributed by atoms with Crippen LogP contribution in [0.4, 0.5) is 5.69 Å². The number of amides is 2. The van der Waals surface area contributed by atoms with Gasteiger partial charge in [-0.3, -0.25) is 9.59 Å². The standard InChI is InChI=1S/C19H23N3O4S/c1-5-22(6-2)18(24)14-8-7-9-15(10-14)21-16(23)11-26-19(25)17-12(3)20-13(4)27-17/h7-10H,5-6,11H2,1-4H3,(H,21,23). The third-order valence-corrected chi connectivity index (χ3v) is 4.92. The minimum absolute atomic E-state index is 0.0985. The van der Waals surface area contributed by atoms with Gasteiger partial charge in [-0.1, -0.05) is 6.07 Å². The Balaban J connectivity index is 1.96. The zero-order valence-corrected chi connectivity index (χ0v) is 16.7. The van der Waals surface area contributed by atoms with Gasteiger partial charge in [-0.2, -0.15) is 0 Å². The maximum atomic E-state index is 12.4. The van der Waals surface area contributed by atoms with Crippen LogP contribution in [-0.2, 0) is 9.53 Å². The van der Waals surface area contributed by atoms with Crippen molar-refractivity contribution in [2.75, 3.05) is 25.0 Å². The Morgan fingerprint density at radius 3 is 2.48 bits per heavy atom. The Morgan fingerprint density at radius 1 is 1.19 bits per heavy atom. The fourth-order valence-electron chi connectivity index (χ4n) is 2.54. The van der Waals surface area contributed by atoms with Crippen LogP contribution in [0.15, 0.2) is 24.3 Å². The lowest BCUT2D eigenvalue weighted by molar-refractivity contribution is -0.119. The molecule has 2 aromatic rings. The number of nitrogens with zero attached hydrogens (tertiary/aromatic N) is 2. The third kappa shape index (κ3) is 5.37. The second-order valence-corrected chi connectivity index (χ2v) is 7.03. The molecule has 0 bridgehead atoms. The van der Waals surface area contributed by atoms with Crippen molar-refractivity contribution in [2.45, 2.75) is 27.7 Å². The molecule has 2 amide bonds. The molecule has 0 saturated carbocycles. The number of aryl methyl sites for hydroxylation is 2. The summed E-state index contributed by atoms with van der Waals surface area (Å²) in [5.41, 5.74) is 1.55. The van der Waals surface area contributed by atoms with Crippen molar-refractivity contribution >= 4 is 34.8 Å². The second-order valence-electron chi connectivity index (χ2n) is 5.83. The normalized spacial score (nSPS) is 10.4. The van der Waals surface area contributed by atoms with Crippen LogP contribution in [0.25, 0.3) is 0 Å². The van der Waals surface area contributed by atoms with E-state index in [2.05, 4.69) is 10.3 Å². The Hall–Kier alpha value is -2.74. The number of thiazole rings is 1. The van der Waals surface area contributed by atoms with Gasteiger partial charge in [0.1, 0.15) is 4.88 Å². The number of ether oxygens (including phenoxy) is 1. The fraction of sp³-hybridized carbons (Fsp3) is 0.368. The first kappa shape index (κ1) is 20.6. The number of hydrogen-bond donors (Lipinski definition) is 1. The summed E-state index contributed by atoms with van der Waals surface area (Å²) in [5.74, 6) is -1.15. The first-order chi connectivity index (χ1) is 12.8. The summed E-state index contributed by atoms with van der Waals surface area (Å²) in [6.07, 6.45) is 0. The van der Waals surface area contributed by atoms with Crippen molar-refractivity contribution in [3.05, 3.63) is 45.4 Å². The lowest BCUT2D eigenvalue weighted by Crippen LogP contribution is -2.30. The predicted octanol–water partition coefficient (Wildman–Crippen LogP) is 3.04. The maximum absolute atomic E-state index is 12.4. The molecule has 27 heavy (non-hydrogen) atoms. The number of esters is 1. The van der Waals surface area contributed by atoms with Crippen LogP contribution in [-0.4, -0.2) is 47.4 Å². The van der Waals surface area contributed by atoms with Crippen molar-refractivity contribution in [1.82, 2.24) is 9.88 Å². The average Bonchev–Trinajstić information content (AvgIpc) is 2.99. The van der Waals surface area contributed by atoms with Crippen molar-refractivity contribution in [1.29, 1.82) is 0 Å². The van der Waals surface area contributed by atoms with Crippen molar-refractivity contribution in [3.63, 3.8) is 0 Å². The Bertz CT molecular complexity index is 843. The van der Waals surface area contributed by atoms with Gasteiger partial charge < -0.3 is 15.0 Å². The van der Waals surface area contributed by atoms with Gasteiger partial charge >= 0.3 is 5.97 Å². The lowest BCUT2D eigenvalue weighted by atomic mass is 10.1. The summed E-state index contributed by atoms with van der Waals surface area (Å²) in [6, 6.07) is 6.68. The van der Waals surface area contributed by atoms with Crippen LogP contribution in [0.3, 0.4) is 0 Å². The first-order valence-electron chi connectivity index (χ1n) is 8.66. The minimum Gasteiger partial charge on any atom is -0.451 e. The van der Waals surface area contributed by atoms with Crippen LogP contribution in [0.5, 0.6) is 0 Å². The van der Waals surface area contributed by atoms with E-state index in [1.807, 2.05) is 13.8 Å². The Morgan fingerprint density at radius 2 is 1.89 bits per heavy atom. The van der Waals surface area contributed by atoms with Crippen molar-refractivity contribution in [2.24, 2.45) is 0 Å². The summed E-state index contributed by atoms with van der Waals surface area (Å²) in [6.45, 7) is 8.15. The molecule has 144 valence electrons. The fourth-order valence-corrected chi connectivity index (χ4v) is 3.35. The minimum atomic E-state index is -0.571. The highest BCUT2D eigenvalue weighted by molar-refractivity contribution is 7.13. The third-order valence-electron chi connectivity index (χ3n) is 3.87. The van der Waals surface area contributed by atoms with Gasteiger partial charge in [0.25, 0.3) is 11.8 Å². The largest absolute Gasteiger partial charge is 0.451 e. The molecule has 1 aromatic heterocycles. The molecule has 1 N–H and O–H groups in total. The summed E-state index contributed by atoms with van der Waals surface area (Å²) in [7, 11) is 0. The van der Waals surface area contributed by atoms with Crippen LogP contribution in [0.2, 0.25) is 0 Å². The number of aromatic nitrogens is 1. The topological polar surface area (TPSA) is 88.6 Å². The first-order valence-corrected chi connectivity index (χ1v) is 9.47. The van der Waals surface area contributed by atoms with E-state index in [0.29, 0.717) is 34.9 Å². The molecule has 0 aliphatic heterocycles. The molecule has 0 unspecified atom stereocenters. The molecule has 0 aliphatic carbocycles. The van der Waals surface area contributed by atoms with E-state index < -0.39 is 18.5 Å². The quantitative estimate of drug-likeness (QED) is 0.735. The highest BCUT2D eigenvalue weighted by atomic mass is 32.1. The van der Waals surface area contributed by atoms with Crippen LogP contribution in [0, 0.1) is 13.8 Å². The average molecular weight is 389 g/mol. The van der Waals surface area contributed by atoms with Crippen LogP contribution >= 0.6 is 11.3 Å². The number of anilines is 1. The zero-order chi connectivity index (χ0) is 20.0. The van der Waals surface area contributed by atoms with Gasteiger partial charge in [-0.05, 0) is 45.9 Å². The maximum Gasteiger partial charge on any atom is 0.350 e. The molecule has 7 nitrogen and oxygen atoms in total. The van der Waals surface area contributed by atoms with E-state index >= 15 is 0 Å². The number of hydrogen-bond acceptors (Lipinski definition) is 6. The van der Waals surface area contributed by atoms with E-state index in [4.69, 9.17) is 4.74 Å². The number of nitrogens with one attached hydrogen (secondary N) is 1. The molecule has 0 atom stereocenters. The predicted molar refractivity (Wildman–Crippen MR) is 104 cm³/mol. The SMILES string of the molecule is CCN(CC)C(=O)c1cccc(NC(=O)COC(=O)c2sc(C)nc2C)c1. The summed E-state index contributed by atoms with van der Waals surface area (Å²) in [4.78, 5) is 42.8. The number of carbonyl (C=O) groups excluding carboxylic acids is 3. The van der Waals surface area contributed by atoms with E-state index in [0.717, 1.165) is 5.01 Å². The Labute approximate surface area is 162 Å². The molecule has 0 aliphatic rings. The smallest absolute Gasteiger partial charge is 0.350 e. The molecule has 1 aromatic carbocycles. The van der Waals surface area contributed by atoms with Crippen molar-refractivity contribution in [3.8, 4) is 0 Å². The summed E-state index contributed by atoms with van der Waals surface area (Å²) in [5, 5.41) is 3.40. The second kappa shape index (κ2) is 9.27. The monoisotopic (exact) mass is 389 g/mol. The molecule has 0 spiro atoms. The number of benzene rings is 1. The van der Waals surface area contributed by atoms with E-state index in [9.17, 15) is 14.4 Å². The molecule has 1 heterocycles. The summed E-state index contributed by atoms with van der Waals surface area (Å²) >= 11 is 1.23. The molecule has 0 saturated heterocycles. The molecule has 2 rings (SSSR count). The molecular formula is C19H23N3O4S. The molecule has 0 radical (unpaired) electrons. The molecule has 8 heteroatoms. The highest BCUT2D eigenvalue weighted by Gasteiger charge is 2.17. The molecule has 0 fully saturated rings.